The quantitative estimate of drug-likeness (QED) is 0.203. The number of carbonyl (C=O) groups is 3. The molecular weight excluding hydrogens is 414 g/mol. The molecule has 174 valence electrons. The van der Waals surface area contributed by atoms with E-state index in [1.807, 2.05) is 0 Å². The minimum absolute atomic E-state index is 0.0376. The van der Waals surface area contributed by atoms with Gasteiger partial charge in [-0.1, -0.05) is 44.3 Å². The summed E-state index contributed by atoms with van der Waals surface area (Å²) in [5, 5.41) is 22.2. The molecule has 0 spiro atoms. The maximum absolute atomic E-state index is 13.3. The zero-order valence-corrected chi connectivity index (χ0v) is 18.0. The van der Waals surface area contributed by atoms with Crippen LogP contribution in [0.2, 0.25) is 0 Å². The number of aliphatic carboxylic acids is 1. The van der Waals surface area contributed by atoms with Crippen LogP contribution in [0, 0.1) is 11.3 Å². The van der Waals surface area contributed by atoms with Crippen molar-refractivity contribution in [2.75, 3.05) is 13.1 Å². The summed E-state index contributed by atoms with van der Waals surface area (Å²) in [4.78, 5) is 38.7. The molecule has 2 heterocycles. The maximum Gasteiger partial charge on any atom is 0.317 e. The zero-order chi connectivity index (χ0) is 23.1. The minimum Gasteiger partial charge on any atom is -0.480 e. The van der Waals surface area contributed by atoms with Crippen LogP contribution >= 0.6 is 0 Å². The molecule has 3 rings (SSSR count). The number of hydrogen-bond acceptors (Lipinski definition) is 6. The molecule has 2 amide bonds. The molecule has 32 heavy (non-hydrogen) atoms. The van der Waals surface area contributed by atoms with E-state index in [1.165, 1.54) is 17.6 Å². The van der Waals surface area contributed by atoms with Gasteiger partial charge in [-0.3, -0.25) is 25.1 Å². The van der Waals surface area contributed by atoms with E-state index in [2.05, 4.69) is 10.6 Å². The van der Waals surface area contributed by atoms with Gasteiger partial charge in [-0.25, -0.2) is 0 Å². The highest BCUT2D eigenvalue weighted by Gasteiger charge is 2.35. The Balaban J connectivity index is 1.64. The molecule has 1 fully saturated rings. The molecule has 1 aliphatic carbocycles. The Morgan fingerprint density at radius 2 is 2.03 bits per heavy atom. The summed E-state index contributed by atoms with van der Waals surface area (Å²) in [6, 6.07) is 0.108. The fourth-order valence-corrected chi connectivity index (χ4v) is 4.40. The van der Waals surface area contributed by atoms with Gasteiger partial charge in [-0.2, -0.15) is 0 Å². The van der Waals surface area contributed by atoms with Gasteiger partial charge in [0.05, 0.1) is 31.0 Å². The minimum atomic E-state index is -1.03. The van der Waals surface area contributed by atoms with E-state index in [1.54, 1.807) is 18.2 Å². The van der Waals surface area contributed by atoms with Crippen molar-refractivity contribution in [2.45, 2.75) is 57.2 Å². The van der Waals surface area contributed by atoms with Crippen LogP contribution in [0.25, 0.3) is 0 Å². The number of carboxylic acids is 1. The molecule has 10 nitrogen and oxygen atoms in total. The van der Waals surface area contributed by atoms with E-state index < -0.39 is 18.1 Å². The first-order chi connectivity index (χ1) is 15.4. The highest BCUT2D eigenvalue weighted by atomic mass is 16.4. The van der Waals surface area contributed by atoms with Gasteiger partial charge in [-0.05, 0) is 18.4 Å². The van der Waals surface area contributed by atoms with Crippen molar-refractivity contribution in [1.82, 2.24) is 15.5 Å². The third-order valence-corrected chi connectivity index (χ3v) is 6.06. The summed E-state index contributed by atoms with van der Waals surface area (Å²) >= 11 is 0. The van der Waals surface area contributed by atoms with Gasteiger partial charge in [0, 0.05) is 6.54 Å². The predicted octanol–water partition coefficient (Wildman–Crippen LogP) is 0.960. The molecule has 0 bridgehead atoms. The van der Waals surface area contributed by atoms with Crippen molar-refractivity contribution in [3.8, 4) is 0 Å². The highest BCUT2D eigenvalue weighted by molar-refractivity contribution is 5.96. The first kappa shape index (κ1) is 23.5. The molecular formula is C22H31N5O5. The number of furan rings is 1. The second-order valence-corrected chi connectivity index (χ2v) is 8.32. The zero-order valence-electron chi connectivity index (χ0n) is 18.0. The van der Waals surface area contributed by atoms with E-state index in [0.717, 1.165) is 25.7 Å². The second-order valence-electron chi connectivity index (χ2n) is 8.32. The van der Waals surface area contributed by atoms with E-state index in [0.29, 0.717) is 23.7 Å². The lowest BCUT2D eigenvalue weighted by Gasteiger charge is -2.31. The average molecular weight is 446 g/mol. The normalized spacial score (nSPS) is 19.6. The lowest BCUT2D eigenvalue weighted by Crippen LogP contribution is -2.53. The fourth-order valence-electron chi connectivity index (χ4n) is 4.40. The van der Waals surface area contributed by atoms with Crippen molar-refractivity contribution in [3.05, 3.63) is 35.8 Å². The monoisotopic (exact) mass is 445 g/mol. The van der Waals surface area contributed by atoms with Crippen LogP contribution in [0.5, 0.6) is 0 Å². The van der Waals surface area contributed by atoms with Crippen molar-refractivity contribution in [2.24, 2.45) is 11.7 Å². The largest absolute Gasteiger partial charge is 0.480 e. The SMILES string of the molecule is N=C(N)c1ccoc1CNC(=O)[C@@H]1C=CCN1C(=O)[C@@H](CC1CCCCC1)NCC(=O)O. The Morgan fingerprint density at radius 3 is 2.72 bits per heavy atom. The Kier molecular flexibility index (Phi) is 8.04. The maximum atomic E-state index is 13.3. The lowest BCUT2D eigenvalue weighted by molar-refractivity contribution is -0.140. The van der Waals surface area contributed by atoms with Gasteiger partial charge < -0.3 is 25.5 Å². The van der Waals surface area contributed by atoms with Crippen LogP contribution in [0.4, 0.5) is 0 Å². The van der Waals surface area contributed by atoms with Crippen molar-refractivity contribution in [3.63, 3.8) is 0 Å². The smallest absolute Gasteiger partial charge is 0.317 e. The van der Waals surface area contributed by atoms with E-state index in [9.17, 15) is 14.4 Å². The number of nitrogens with zero attached hydrogens (tertiary/aromatic N) is 1. The molecule has 0 unspecified atom stereocenters. The molecule has 0 saturated heterocycles. The third kappa shape index (κ3) is 5.97. The second kappa shape index (κ2) is 10.9. The molecule has 2 atom stereocenters. The molecule has 0 aromatic carbocycles. The molecule has 1 saturated carbocycles. The van der Waals surface area contributed by atoms with E-state index >= 15 is 0 Å². The molecule has 6 N–H and O–H groups in total. The van der Waals surface area contributed by atoms with Crippen LogP contribution < -0.4 is 16.4 Å². The van der Waals surface area contributed by atoms with Gasteiger partial charge >= 0.3 is 5.97 Å². The average Bonchev–Trinajstić information content (AvgIpc) is 3.44. The first-order valence-corrected chi connectivity index (χ1v) is 11.0. The Morgan fingerprint density at radius 1 is 1.28 bits per heavy atom. The van der Waals surface area contributed by atoms with Crippen LogP contribution in [0.3, 0.4) is 0 Å². The standard InChI is InChI=1S/C22H31N5O5/c23-20(24)15-8-10-32-18(15)12-26-21(30)17-7-4-9-27(17)22(31)16(25-13-19(28)29)11-14-5-2-1-3-6-14/h4,7-8,10,14,16-17,25H,1-3,5-6,9,11-13H2,(H3,23,24)(H,26,30)(H,28,29)/t16-,17+/m1/s1. The number of carbonyl (C=O) groups excluding carboxylic acids is 2. The number of rotatable bonds is 10. The summed E-state index contributed by atoms with van der Waals surface area (Å²) in [6.07, 6.45) is 10.9. The number of amidine groups is 1. The van der Waals surface area contributed by atoms with Crippen LogP contribution in [0.15, 0.2) is 28.9 Å². The summed E-state index contributed by atoms with van der Waals surface area (Å²) in [7, 11) is 0. The third-order valence-electron chi connectivity index (χ3n) is 6.06. The van der Waals surface area contributed by atoms with Crippen LogP contribution in [0.1, 0.15) is 49.8 Å². The van der Waals surface area contributed by atoms with Gasteiger partial charge in [0.15, 0.2) is 0 Å². The molecule has 10 heteroatoms. The molecule has 1 aliphatic heterocycles. The lowest BCUT2D eigenvalue weighted by atomic mass is 9.84. The highest BCUT2D eigenvalue weighted by Crippen LogP contribution is 2.28. The summed E-state index contributed by atoms with van der Waals surface area (Å²) in [5.41, 5.74) is 5.91. The van der Waals surface area contributed by atoms with Crippen LogP contribution in [-0.2, 0) is 20.9 Å². The molecule has 0 radical (unpaired) electrons. The predicted molar refractivity (Wildman–Crippen MR) is 117 cm³/mol. The number of nitrogens with one attached hydrogen (secondary N) is 3. The number of nitrogens with two attached hydrogens (primary N) is 1. The number of hydrogen-bond donors (Lipinski definition) is 5. The molecule has 1 aromatic rings. The number of amides is 2. The number of nitrogen functional groups attached to an aromatic ring is 1. The summed E-state index contributed by atoms with van der Waals surface area (Å²) in [6.45, 7) is 0.00967. The molecule has 2 aliphatic rings. The van der Waals surface area contributed by atoms with Crippen LogP contribution in [-0.4, -0.2) is 58.8 Å². The topological polar surface area (TPSA) is 162 Å². The summed E-state index contributed by atoms with van der Waals surface area (Å²) in [5.74, 6) is -1.11. The number of carboxylic acid groups (broad SMARTS) is 1. The summed E-state index contributed by atoms with van der Waals surface area (Å²) < 4.78 is 5.29. The van der Waals surface area contributed by atoms with E-state index in [-0.39, 0.29) is 37.3 Å². The Hall–Kier alpha value is -3.14. The Bertz CT molecular complexity index is 874. The van der Waals surface area contributed by atoms with Gasteiger partial charge in [0.2, 0.25) is 11.8 Å². The van der Waals surface area contributed by atoms with Gasteiger partial charge in [-0.15, -0.1) is 0 Å². The van der Waals surface area contributed by atoms with Crippen molar-refractivity contribution >= 4 is 23.6 Å². The van der Waals surface area contributed by atoms with Crippen molar-refractivity contribution < 1.29 is 23.9 Å². The van der Waals surface area contributed by atoms with Gasteiger partial charge in [0.25, 0.3) is 0 Å². The molecule has 1 aromatic heterocycles. The first-order valence-electron chi connectivity index (χ1n) is 11.0. The van der Waals surface area contributed by atoms with Crippen molar-refractivity contribution in [1.29, 1.82) is 5.41 Å². The van der Waals surface area contributed by atoms with E-state index in [4.69, 9.17) is 20.7 Å². The Labute approximate surface area is 186 Å². The van der Waals surface area contributed by atoms with Gasteiger partial charge in [0.1, 0.15) is 17.6 Å². The fraction of sp³-hybridized carbons (Fsp3) is 0.545.